The summed E-state index contributed by atoms with van der Waals surface area (Å²) in [5, 5.41) is 7.57. The van der Waals surface area contributed by atoms with Crippen molar-refractivity contribution in [3.63, 3.8) is 0 Å². The first-order valence-electron chi connectivity index (χ1n) is 9.59. The molecule has 3 N–H and O–H groups in total. The number of nitrogens with one attached hydrogen (secondary N) is 3. The van der Waals surface area contributed by atoms with E-state index in [0.717, 1.165) is 46.3 Å². The third-order valence-corrected chi connectivity index (χ3v) is 6.07. The summed E-state index contributed by atoms with van der Waals surface area (Å²) in [6, 6.07) is 10.8. The molecule has 0 unspecified atom stereocenters. The molecule has 0 atom stereocenters. The normalized spacial score (nSPS) is 17.3. The van der Waals surface area contributed by atoms with Gasteiger partial charge >= 0.3 is 0 Å². The molecule has 0 radical (unpaired) electrons. The Kier molecular flexibility index (Phi) is 4.01. The van der Waals surface area contributed by atoms with Gasteiger partial charge in [-0.1, -0.05) is 36.9 Å². The van der Waals surface area contributed by atoms with Crippen LogP contribution in [-0.2, 0) is 6.42 Å². The molecule has 2 heterocycles. The molecule has 0 bridgehead atoms. The van der Waals surface area contributed by atoms with Crippen molar-refractivity contribution >= 4 is 40.0 Å². The predicted molar refractivity (Wildman–Crippen MR) is 109 cm³/mol. The van der Waals surface area contributed by atoms with Gasteiger partial charge in [-0.15, -0.1) is 0 Å². The molecule has 1 fully saturated rings. The fourth-order valence-corrected chi connectivity index (χ4v) is 4.67. The van der Waals surface area contributed by atoms with E-state index in [1.165, 1.54) is 43.2 Å². The highest BCUT2D eigenvalue weighted by molar-refractivity contribution is 6.32. The Morgan fingerprint density at radius 1 is 1.08 bits per heavy atom. The van der Waals surface area contributed by atoms with Gasteiger partial charge in [-0.05, 0) is 60.6 Å². The molecule has 2 aromatic carbocycles. The zero-order valence-electron chi connectivity index (χ0n) is 14.7. The highest BCUT2D eigenvalue weighted by Crippen LogP contribution is 2.35. The molecule has 26 heavy (non-hydrogen) atoms. The van der Waals surface area contributed by atoms with Crippen LogP contribution in [0.3, 0.4) is 0 Å². The average Bonchev–Trinajstić information content (AvgIpc) is 3.28. The summed E-state index contributed by atoms with van der Waals surface area (Å²) in [6.07, 6.45) is 7.70. The van der Waals surface area contributed by atoms with Crippen LogP contribution in [0.4, 0.5) is 17.3 Å². The van der Waals surface area contributed by atoms with Crippen LogP contribution in [0.5, 0.6) is 0 Å². The maximum atomic E-state index is 6.42. The number of rotatable bonds is 3. The van der Waals surface area contributed by atoms with Crippen molar-refractivity contribution < 1.29 is 0 Å². The van der Waals surface area contributed by atoms with E-state index >= 15 is 0 Å². The van der Waals surface area contributed by atoms with Crippen molar-refractivity contribution in [1.82, 2.24) is 9.97 Å². The second kappa shape index (κ2) is 6.51. The summed E-state index contributed by atoms with van der Waals surface area (Å²) in [6.45, 7) is 0.951. The molecule has 134 valence electrons. The van der Waals surface area contributed by atoms with Gasteiger partial charge in [0, 0.05) is 22.9 Å². The van der Waals surface area contributed by atoms with Crippen LogP contribution in [-0.4, -0.2) is 16.5 Å². The van der Waals surface area contributed by atoms with E-state index in [1.807, 2.05) is 6.07 Å². The number of H-pyrrole nitrogens is 1. The monoisotopic (exact) mass is 366 g/mol. The van der Waals surface area contributed by atoms with Crippen molar-refractivity contribution in [3.8, 4) is 0 Å². The topological polar surface area (TPSA) is 52.7 Å². The Morgan fingerprint density at radius 3 is 2.85 bits per heavy atom. The third-order valence-electron chi connectivity index (χ3n) is 5.73. The number of anilines is 3. The van der Waals surface area contributed by atoms with Gasteiger partial charge in [0.2, 0.25) is 5.95 Å². The van der Waals surface area contributed by atoms with E-state index in [9.17, 15) is 0 Å². The number of benzene rings is 2. The predicted octanol–water partition coefficient (Wildman–Crippen LogP) is 5.98. The van der Waals surface area contributed by atoms with Crippen molar-refractivity contribution in [1.29, 1.82) is 0 Å². The second-order valence-corrected chi connectivity index (χ2v) is 7.89. The summed E-state index contributed by atoms with van der Waals surface area (Å²) >= 11 is 6.42. The van der Waals surface area contributed by atoms with Gasteiger partial charge in [0.25, 0.3) is 0 Å². The zero-order valence-corrected chi connectivity index (χ0v) is 15.5. The molecular formula is C21H23ClN4. The molecule has 5 heteroatoms. The van der Waals surface area contributed by atoms with E-state index in [4.69, 9.17) is 11.6 Å². The van der Waals surface area contributed by atoms with Crippen LogP contribution in [0, 0.1) is 0 Å². The summed E-state index contributed by atoms with van der Waals surface area (Å²) in [4.78, 5) is 8.11. The number of hydrogen-bond donors (Lipinski definition) is 3. The Bertz CT molecular complexity index is 956. The van der Waals surface area contributed by atoms with Gasteiger partial charge in [0.1, 0.15) is 0 Å². The molecule has 0 saturated heterocycles. The highest BCUT2D eigenvalue weighted by Gasteiger charge is 2.17. The lowest BCUT2D eigenvalue weighted by atomic mass is 9.84. The van der Waals surface area contributed by atoms with Crippen LogP contribution in [0.2, 0.25) is 5.02 Å². The minimum Gasteiger partial charge on any atom is -0.384 e. The lowest BCUT2D eigenvalue weighted by Crippen LogP contribution is -2.04. The minimum absolute atomic E-state index is 0.703. The number of nitrogens with zero attached hydrogens (tertiary/aromatic N) is 1. The molecular weight excluding hydrogens is 344 g/mol. The maximum Gasteiger partial charge on any atom is 0.205 e. The second-order valence-electron chi connectivity index (χ2n) is 7.48. The molecule has 4 nitrogen and oxygen atoms in total. The van der Waals surface area contributed by atoms with Crippen molar-refractivity contribution in [2.24, 2.45) is 0 Å². The Labute approximate surface area is 158 Å². The van der Waals surface area contributed by atoms with Gasteiger partial charge < -0.3 is 15.6 Å². The number of hydrogen-bond acceptors (Lipinski definition) is 3. The summed E-state index contributed by atoms with van der Waals surface area (Å²) in [5.41, 5.74) is 6.82. The maximum absolute atomic E-state index is 6.42. The molecule has 0 amide bonds. The third kappa shape index (κ3) is 2.92. The fraction of sp³-hybridized carbons (Fsp3) is 0.381. The number of halogens is 1. The van der Waals surface area contributed by atoms with Crippen molar-refractivity contribution in [3.05, 3.63) is 46.5 Å². The van der Waals surface area contributed by atoms with Gasteiger partial charge in [0.05, 0.1) is 11.0 Å². The summed E-state index contributed by atoms with van der Waals surface area (Å²) in [7, 11) is 0. The van der Waals surface area contributed by atoms with E-state index in [2.05, 4.69) is 44.9 Å². The zero-order chi connectivity index (χ0) is 17.5. The molecule has 1 aliphatic carbocycles. The SMILES string of the molecule is Clc1cc(Nc2nc3ccc(C4CCCCC4)cc3[nH]2)cc2c1CCN2. The highest BCUT2D eigenvalue weighted by atomic mass is 35.5. The standard InChI is InChI=1S/C21H23ClN4/c22-17-11-15(12-19-16(17)8-9-23-19)24-21-25-18-7-6-14(10-20(18)26-21)13-4-2-1-3-5-13/h6-7,10-13,23H,1-5,8-9H2,(H2,24,25,26). The fourth-order valence-electron chi connectivity index (χ4n) is 4.36. The molecule has 1 saturated carbocycles. The molecule has 3 aromatic rings. The lowest BCUT2D eigenvalue weighted by molar-refractivity contribution is 0.444. The first kappa shape index (κ1) is 16.0. The number of aromatic amines is 1. The Balaban J connectivity index is 1.42. The van der Waals surface area contributed by atoms with E-state index in [0.29, 0.717) is 5.92 Å². The summed E-state index contributed by atoms with van der Waals surface area (Å²) in [5.74, 6) is 1.46. The van der Waals surface area contributed by atoms with Crippen molar-refractivity contribution in [2.45, 2.75) is 44.4 Å². The largest absolute Gasteiger partial charge is 0.384 e. The Hall–Kier alpha value is -2.20. The quantitative estimate of drug-likeness (QED) is 0.534. The van der Waals surface area contributed by atoms with Crippen LogP contribution < -0.4 is 10.6 Å². The molecule has 1 aliphatic heterocycles. The van der Waals surface area contributed by atoms with Gasteiger partial charge in [0.15, 0.2) is 0 Å². The van der Waals surface area contributed by atoms with E-state index in [-0.39, 0.29) is 0 Å². The van der Waals surface area contributed by atoms with Crippen molar-refractivity contribution in [2.75, 3.05) is 17.2 Å². The van der Waals surface area contributed by atoms with Crippen LogP contribution in [0.15, 0.2) is 30.3 Å². The van der Waals surface area contributed by atoms with E-state index in [1.54, 1.807) is 0 Å². The smallest absolute Gasteiger partial charge is 0.205 e. The minimum atomic E-state index is 0.703. The Morgan fingerprint density at radius 2 is 1.96 bits per heavy atom. The first-order chi connectivity index (χ1) is 12.8. The van der Waals surface area contributed by atoms with Crippen LogP contribution >= 0.6 is 11.6 Å². The van der Waals surface area contributed by atoms with Gasteiger partial charge in [-0.3, -0.25) is 0 Å². The molecule has 2 aliphatic rings. The number of aromatic nitrogens is 2. The first-order valence-corrected chi connectivity index (χ1v) is 9.97. The van der Waals surface area contributed by atoms with Gasteiger partial charge in [-0.25, -0.2) is 4.98 Å². The average molecular weight is 367 g/mol. The lowest BCUT2D eigenvalue weighted by Gasteiger charge is -2.21. The number of fused-ring (bicyclic) bond motifs is 2. The summed E-state index contributed by atoms with van der Waals surface area (Å²) < 4.78 is 0. The van der Waals surface area contributed by atoms with Gasteiger partial charge in [-0.2, -0.15) is 0 Å². The molecule has 1 aromatic heterocycles. The van der Waals surface area contributed by atoms with E-state index < -0.39 is 0 Å². The molecule has 5 rings (SSSR count). The van der Waals surface area contributed by atoms with Crippen LogP contribution in [0.25, 0.3) is 11.0 Å². The van der Waals surface area contributed by atoms with Crippen LogP contribution in [0.1, 0.15) is 49.1 Å². The number of imidazole rings is 1. The molecule has 0 spiro atoms.